The molecule has 4 atom stereocenters. The fourth-order valence-electron chi connectivity index (χ4n) is 5.30. The maximum Gasteiger partial charge on any atom is 0.0932 e. The number of hydrogen-bond donors (Lipinski definition) is 1. The van der Waals surface area contributed by atoms with Crippen LogP contribution in [0.25, 0.3) is 0 Å². The minimum Gasteiger partial charge on any atom is -0.387 e. The highest BCUT2D eigenvalue weighted by molar-refractivity contribution is 5.09. The van der Waals surface area contributed by atoms with Crippen LogP contribution in [0.4, 0.5) is 0 Å². The molecule has 0 unspecified atom stereocenters. The zero-order valence-corrected chi connectivity index (χ0v) is 11.4. The Labute approximate surface area is 110 Å². The van der Waals surface area contributed by atoms with Crippen LogP contribution in [0.3, 0.4) is 0 Å². The zero-order chi connectivity index (χ0) is 12.2. The van der Waals surface area contributed by atoms with Crippen molar-refractivity contribution in [2.24, 2.45) is 5.92 Å². The molecule has 102 valence electrons. The van der Waals surface area contributed by atoms with Gasteiger partial charge in [-0.1, -0.05) is 12.8 Å². The minimum absolute atomic E-state index is 0.392. The molecule has 0 aromatic carbocycles. The molecule has 0 spiro atoms. The van der Waals surface area contributed by atoms with Crippen molar-refractivity contribution >= 4 is 0 Å². The monoisotopic (exact) mass is 250 g/mol. The summed E-state index contributed by atoms with van der Waals surface area (Å²) in [5.41, 5.74) is -0.392. The van der Waals surface area contributed by atoms with Crippen LogP contribution in [-0.4, -0.2) is 58.8 Å². The summed E-state index contributed by atoms with van der Waals surface area (Å²) >= 11 is 0. The summed E-state index contributed by atoms with van der Waals surface area (Å²) in [6.07, 6.45) is 9.08. The van der Waals surface area contributed by atoms with E-state index in [1.165, 1.54) is 58.2 Å². The van der Waals surface area contributed by atoms with Crippen molar-refractivity contribution in [3.05, 3.63) is 0 Å². The van der Waals surface area contributed by atoms with Gasteiger partial charge in [0.05, 0.1) is 5.60 Å². The Bertz CT molecular complexity index is 332. The largest absolute Gasteiger partial charge is 0.387 e. The Morgan fingerprint density at radius 2 is 1.72 bits per heavy atom. The van der Waals surface area contributed by atoms with Crippen LogP contribution < -0.4 is 0 Å². The van der Waals surface area contributed by atoms with Gasteiger partial charge in [0.2, 0.25) is 0 Å². The van der Waals surface area contributed by atoms with Crippen molar-refractivity contribution in [3.63, 3.8) is 0 Å². The Morgan fingerprint density at radius 1 is 0.944 bits per heavy atom. The zero-order valence-electron chi connectivity index (χ0n) is 11.4. The van der Waals surface area contributed by atoms with Crippen LogP contribution in [-0.2, 0) is 0 Å². The maximum absolute atomic E-state index is 11.2. The molecular formula is C15H26N2O. The molecule has 18 heavy (non-hydrogen) atoms. The molecule has 4 saturated heterocycles. The molecule has 4 fully saturated rings. The van der Waals surface area contributed by atoms with Gasteiger partial charge in [-0.25, -0.2) is 0 Å². The summed E-state index contributed by atoms with van der Waals surface area (Å²) in [5.74, 6) is 0.735. The van der Waals surface area contributed by atoms with E-state index in [1.54, 1.807) is 0 Å². The van der Waals surface area contributed by atoms with Crippen molar-refractivity contribution in [1.29, 1.82) is 0 Å². The van der Waals surface area contributed by atoms with E-state index < -0.39 is 5.60 Å². The number of nitrogens with zero attached hydrogens (tertiary/aromatic N) is 2. The molecule has 4 rings (SSSR count). The van der Waals surface area contributed by atoms with Crippen LogP contribution in [0.2, 0.25) is 0 Å². The average molecular weight is 250 g/mol. The third-order valence-corrected chi connectivity index (χ3v) is 6.00. The van der Waals surface area contributed by atoms with E-state index in [0.29, 0.717) is 6.04 Å². The lowest BCUT2D eigenvalue weighted by atomic mass is 9.68. The molecule has 0 amide bonds. The molecular weight excluding hydrogens is 224 g/mol. The van der Waals surface area contributed by atoms with Crippen LogP contribution in [0.15, 0.2) is 0 Å². The van der Waals surface area contributed by atoms with Gasteiger partial charge < -0.3 is 5.11 Å². The van der Waals surface area contributed by atoms with E-state index in [-0.39, 0.29) is 0 Å². The number of aliphatic hydroxyl groups is 1. The summed E-state index contributed by atoms with van der Waals surface area (Å²) in [7, 11) is 0. The Balaban J connectivity index is 1.63. The fourth-order valence-corrected chi connectivity index (χ4v) is 5.30. The Kier molecular flexibility index (Phi) is 2.72. The highest BCUT2D eigenvalue weighted by atomic mass is 16.3. The van der Waals surface area contributed by atoms with Gasteiger partial charge in [0.15, 0.2) is 0 Å². The smallest absolute Gasteiger partial charge is 0.0932 e. The quantitative estimate of drug-likeness (QED) is 0.705. The molecule has 2 bridgehead atoms. The molecule has 4 aliphatic heterocycles. The highest BCUT2D eigenvalue weighted by Gasteiger charge is 2.54. The summed E-state index contributed by atoms with van der Waals surface area (Å²) in [4.78, 5) is 5.26. The van der Waals surface area contributed by atoms with Crippen LogP contribution in [0.5, 0.6) is 0 Å². The van der Waals surface area contributed by atoms with E-state index in [1.807, 2.05) is 0 Å². The molecule has 0 aromatic rings. The lowest BCUT2D eigenvalue weighted by Crippen LogP contribution is -2.71. The maximum atomic E-state index is 11.2. The Hall–Kier alpha value is -0.120. The summed E-state index contributed by atoms with van der Waals surface area (Å²) in [5, 5.41) is 11.2. The summed E-state index contributed by atoms with van der Waals surface area (Å²) in [6, 6.07) is 1.24. The van der Waals surface area contributed by atoms with E-state index in [2.05, 4.69) is 9.80 Å². The third-order valence-electron chi connectivity index (χ3n) is 6.00. The summed E-state index contributed by atoms with van der Waals surface area (Å²) in [6.45, 7) is 4.68. The van der Waals surface area contributed by atoms with Crippen molar-refractivity contribution in [1.82, 2.24) is 9.80 Å². The van der Waals surface area contributed by atoms with Gasteiger partial charge >= 0.3 is 0 Å². The van der Waals surface area contributed by atoms with E-state index >= 15 is 0 Å². The molecule has 4 aliphatic rings. The topological polar surface area (TPSA) is 26.7 Å². The normalized spacial score (nSPS) is 49.5. The van der Waals surface area contributed by atoms with Crippen molar-refractivity contribution < 1.29 is 5.11 Å². The second kappa shape index (κ2) is 4.19. The molecule has 0 aromatic heterocycles. The standard InChI is InChI=1S/C15H26N2O/c18-15-9-12(10-16-7-4-2-6-14(15)16)13-5-1-3-8-17(13)11-15/h12-14,18H,1-11H2/t12-,13+,14-,15+/m1/s1. The van der Waals surface area contributed by atoms with Gasteiger partial charge in [0.1, 0.15) is 0 Å². The number of piperidine rings is 4. The first-order chi connectivity index (χ1) is 8.76. The van der Waals surface area contributed by atoms with Crippen molar-refractivity contribution in [2.75, 3.05) is 26.2 Å². The first-order valence-electron chi connectivity index (χ1n) is 7.97. The first kappa shape index (κ1) is 11.7. The number of fused-ring (bicyclic) bond motifs is 6. The van der Waals surface area contributed by atoms with Gasteiger partial charge in [-0.05, 0) is 51.1 Å². The average Bonchev–Trinajstić information content (AvgIpc) is 2.38. The van der Waals surface area contributed by atoms with Crippen molar-refractivity contribution in [3.8, 4) is 0 Å². The molecule has 0 saturated carbocycles. The van der Waals surface area contributed by atoms with Gasteiger partial charge in [0, 0.05) is 25.2 Å². The molecule has 3 heteroatoms. The molecule has 1 N–H and O–H groups in total. The number of rotatable bonds is 0. The first-order valence-corrected chi connectivity index (χ1v) is 7.97. The lowest BCUT2D eigenvalue weighted by Gasteiger charge is -2.60. The van der Waals surface area contributed by atoms with Gasteiger partial charge in [0.25, 0.3) is 0 Å². The molecule has 0 radical (unpaired) electrons. The fraction of sp³-hybridized carbons (Fsp3) is 1.00. The number of hydrogen-bond acceptors (Lipinski definition) is 3. The Morgan fingerprint density at radius 3 is 2.61 bits per heavy atom. The minimum atomic E-state index is -0.392. The van der Waals surface area contributed by atoms with E-state index in [0.717, 1.165) is 24.9 Å². The van der Waals surface area contributed by atoms with Crippen LogP contribution >= 0.6 is 0 Å². The summed E-state index contributed by atoms with van der Waals surface area (Å²) < 4.78 is 0. The predicted molar refractivity (Wildman–Crippen MR) is 71.5 cm³/mol. The predicted octanol–water partition coefficient (Wildman–Crippen LogP) is 1.46. The van der Waals surface area contributed by atoms with Crippen LogP contribution in [0.1, 0.15) is 44.9 Å². The molecule has 3 nitrogen and oxygen atoms in total. The third kappa shape index (κ3) is 1.67. The van der Waals surface area contributed by atoms with E-state index in [9.17, 15) is 5.11 Å². The molecule has 0 aliphatic carbocycles. The van der Waals surface area contributed by atoms with E-state index in [4.69, 9.17) is 0 Å². The highest BCUT2D eigenvalue weighted by Crippen LogP contribution is 2.44. The SMILES string of the molecule is O[C@]12C[C@H](CN3CCCC[C@@H]31)[C@@H]1CCCCN1C2. The van der Waals surface area contributed by atoms with Gasteiger partial charge in [-0.3, -0.25) is 9.80 Å². The van der Waals surface area contributed by atoms with Crippen molar-refractivity contribution in [2.45, 2.75) is 62.6 Å². The lowest BCUT2D eigenvalue weighted by molar-refractivity contribution is -0.176. The van der Waals surface area contributed by atoms with Crippen LogP contribution in [0, 0.1) is 5.92 Å². The molecule has 4 heterocycles. The second-order valence-corrected chi connectivity index (χ2v) is 7.11. The van der Waals surface area contributed by atoms with Gasteiger partial charge in [-0.15, -0.1) is 0 Å². The second-order valence-electron chi connectivity index (χ2n) is 7.11. The van der Waals surface area contributed by atoms with Gasteiger partial charge in [-0.2, -0.15) is 0 Å².